The first-order valence-electron chi connectivity index (χ1n) is 3.45. The van der Waals surface area contributed by atoms with Crippen molar-refractivity contribution in [3.05, 3.63) is 16.3 Å². The van der Waals surface area contributed by atoms with Crippen LogP contribution in [0.25, 0.3) is 0 Å². The summed E-state index contributed by atoms with van der Waals surface area (Å²) in [6.45, 7) is 0.119. The molecule has 13 heavy (non-hydrogen) atoms. The van der Waals surface area contributed by atoms with E-state index in [-0.39, 0.29) is 23.3 Å². The number of sulfone groups is 1. The van der Waals surface area contributed by atoms with Crippen molar-refractivity contribution in [3.8, 4) is 0 Å². The lowest BCUT2D eigenvalue weighted by Crippen LogP contribution is -1.99. The number of fused-ring (bicyclic) bond motifs is 1. The molecule has 0 spiro atoms. The summed E-state index contributed by atoms with van der Waals surface area (Å²) in [5.74, 6) is -0.368. The van der Waals surface area contributed by atoms with Crippen molar-refractivity contribution in [1.29, 1.82) is 0 Å². The van der Waals surface area contributed by atoms with E-state index in [2.05, 4.69) is 4.98 Å². The Hall–Kier alpha value is -1.44. The molecule has 1 aliphatic heterocycles. The highest BCUT2D eigenvalue weighted by Gasteiger charge is 2.36. The molecule has 0 radical (unpaired) electrons. The average molecular weight is 203 g/mol. The molecular weight excluding hydrogens is 198 g/mol. The molecule has 0 unspecified atom stereocenters. The van der Waals surface area contributed by atoms with Crippen LogP contribution in [0.1, 0.15) is 0 Å². The third-order valence-electron chi connectivity index (χ3n) is 1.85. The van der Waals surface area contributed by atoms with Crippen LogP contribution in [0.4, 0.5) is 5.82 Å². The smallest absolute Gasteiger partial charge is 0.343 e. The largest absolute Gasteiger partial charge is 0.358 e. The van der Waals surface area contributed by atoms with E-state index in [0.717, 1.165) is 10.8 Å². The lowest BCUT2D eigenvalue weighted by Gasteiger charge is -1.92. The van der Waals surface area contributed by atoms with Gasteiger partial charge in [-0.1, -0.05) is 0 Å². The highest BCUT2D eigenvalue weighted by atomic mass is 32.2. The highest BCUT2D eigenvalue weighted by Crippen LogP contribution is 2.24. The van der Waals surface area contributed by atoms with Crippen LogP contribution in [-0.4, -0.2) is 28.6 Å². The van der Waals surface area contributed by atoms with Gasteiger partial charge in [0.25, 0.3) is 0 Å². The molecule has 7 nitrogen and oxygen atoms in total. The van der Waals surface area contributed by atoms with E-state index in [1.165, 1.54) is 0 Å². The van der Waals surface area contributed by atoms with Crippen molar-refractivity contribution in [2.75, 3.05) is 5.75 Å². The molecule has 2 heterocycles. The second-order valence-corrected chi connectivity index (χ2v) is 4.63. The van der Waals surface area contributed by atoms with Gasteiger partial charge >= 0.3 is 11.0 Å². The Balaban J connectivity index is 2.67. The summed E-state index contributed by atoms with van der Waals surface area (Å²) < 4.78 is 23.5. The minimum atomic E-state index is -3.37. The SMILES string of the molecule is O=[N+]([O-])c1cnc2n1CCS2(=O)=O. The van der Waals surface area contributed by atoms with Crippen LogP contribution in [0.3, 0.4) is 0 Å². The lowest BCUT2D eigenvalue weighted by molar-refractivity contribution is -0.392. The quantitative estimate of drug-likeness (QED) is 0.456. The molecule has 70 valence electrons. The fourth-order valence-corrected chi connectivity index (χ4v) is 2.60. The van der Waals surface area contributed by atoms with Gasteiger partial charge in [0.2, 0.25) is 9.84 Å². The second kappa shape index (κ2) is 2.28. The molecule has 0 saturated carbocycles. The minimum absolute atomic E-state index is 0.100. The van der Waals surface area contributed by atoms with E-state index in [0.29, 0.717) is 0 Å². The second-order valence-electron chi connectivity index (χ2n) is 2.63. The maximum atomic E-state index is 11.2. The molecule has 8 heteroatoms. The van der Waals surface area contributed by atoms with Crippen molar-refractivity contribution in [1.82, 2.24) is 9.55 Å². The monoisotopic (exact) mass is 203 g/mol. The van der Waals surface area contributed by atoms with E-state index >= 15 is 0 Å². The number of aromatic nitrogens is 2. The Morgan fingerprint density at radius 2 is 2.31 bits per heavy atom. The number of rotatable bonds is 1. The molecule has 0 aliphatic carbocycles. The Kier molecular flexibility index (Phi) is 1.44. The Bertz CT molecular complexity index is 474. The van der Waals surface area contributed by atoms with Crippen LogP contribution >= 0.6 is 0 Å². The molecule has 0 amide bonds. The van der Waals surface area contributed by atoms with Crippen LogP contribution in [0.2, 0.25) is 0 Å². The lowest BCUT2D eigenvalue weighted by atomic mass is 10.7. The molecule has 1 aliphatic rings. The van der Waals surface area contributed by atoms with Crippen LogP contribution in [0.15, 0.2) is 11.4 Å². The van der Waals surface area contributed by atoms with Crippen molar-refractivity contribution in [3.63, 3.8) is 0 Å². The van der Waals surface area contributed by atoms with Gasteiger partial charge < -0.3 is 10.1 Å². The Labute approximate surface area is 73.1 Å². The van der Waals surface area contributed by atoms with E-state index in [9.17, 15) is 18.5 Å². The summed E-state index contributed by atoms with van der Waals surface area (Å²) in [6.07, 6.45) is 0.964. The van der Waals surface area contributed by atoms with Gasteiger partial charge in [0.15, 0.2) is 0 Å². The Morgan fingerprint density at radius 3 is 2.92 bits per heavy atom. The first-order valence-corrected chi connectivity index (χ1v) is 5.10. The van der Waals surface area contributed by atoms with E-state index in [1.54, 1.807) is 0 Å². The van der Waals surface area contributed by atoms with Crippen LogP contribution in [0.5, 0.6) is 0 Å². The first kappa shape index (κ1) is 8.17. The molecular formula is C5H5N3O4S. The zero-order valence-electron chi connectivity index (χ0n) is 6.37. The van der Waals surface area contributed by atoms with Crippen LogP contribution < -0.4 is 0 Å². The third kappa shape index (κ3) is 1.02. The third-order valence-corrected chi connectivity index (χ3v) is 3.45. The summed E-state index contributed by atoms with van der Waals surface area (Å²) in [4.78, 5) is 13.2. The zero-order valence-corrected chi connectivity index (χ0v) is 7.19. The first-order chi connectivity index (χ1) is 6.02. The molecule has 0 bridgehead atoms. The summed E-state index contributed by atoms with van der Waals surface area (Å²) in [5.41, 5.74) is 0. The van der Waals surface area contributed by atoms with Gasteiger partial charge in [-0.05, 0) is 4.92 Å². The van der Waals surface area contributed by atoms with Gasteiger partial charge in [-0.3, -0.25) is 0 Å². The molecule has 0 aromatic carbocycles. The van der Waals surface area contributed by atoms with Gasteiger partial charge in [-0.2, -0.15) is 9.55 Å². The summed E-state index contributed by atoms with van der Waals surface area (Å²) in [5, 5.41) is 10.2. The molecule has 0 fully saturated rings. The highest BCUT2D eigenvalue weighted by molar-refractivity contribution is 7.91. The summed E-state index contributed by atoms with van der Waals surface area (Å²) >= 11 is 0. The van der Waals surface area contributed by atoms with E-state index in [1.807, 2.05) is 0 Å². The maximum absolute atomic E-state index is 11.2. The van der Waals surface area contributed by atoms with Gasteiger partial charge in [-0.25, -0.2) is 8.42 Å². The molecule has 0 atom stereocenters. The zero-order chi connectivity index (χ0) is 9.64. The number of nitro groups is 1. The molecule has 2 rings (SSSR count). The van der Waals surface area contributed by atoms with Crippen molar-refractivity contribution in [2.45, 2.75) is 11.7 Å². The molecule has 1 aromatic heterocycles. The van der Waals surface area contributed by atoms with Crippen LogP contribution in [-0.2, 0) is 16.4 Å². The molecule has 0 N–H and O–H groups in total. The average Bonchev–Trinajstić information content (AvgIpc) is 2.52. The van der Waals surface area contributed by atoms with Gasteiger partial charge in [-0.15, -0.1) is 0 Å². The summed E-state index contributed by atoms with van der Waals surface area (Å²) in [6, 6.07) is 0. The van der Waals surface area contributed by atoms with Crippen molar-refractivity contribution in [2.24, 2.45) is 0 Å². The fraction of sp³-hybridized carbons (Fsp3) is 0.400. The minimum Gasteiger partial charge on any atom is -0.358 e. The van der Waals surface area contributed by atoms with Crippen molar-refractivity contribution >= 4 is 15.7 Å². The van der Waals surface area contributed by atoms with Gasteiger partial charge in [0.05, 0.1) is 5.75 Å². The number of imidazole rings is 1. The normalized spacial score (nSPS) is 18.5. The predicted octanol–water partition coefficient (Wildman–Crippen LogP) is -0.421. The predicted molar refractivity (Wildman–Crippen MR) is 40.9 cm³/mol. The van der Waals surface area contributed by atoms with E-state index in [4.69, 9.17) is 0 Å². The van der Waals surface area contributed by atoms with Crippen LogP contribution in [0, 0.1) is 10.1 Å². The topological polar surface area (TPSA) is 95.1 Å². The number of hydrogen-bond donors (Lipinski definition) is 0. The standard InChI is InChI=1S/C5H5N3O4S/c9-8(10)4-3-6-5-7(4)1-2-13(5,11)12/h3H,1-2H2. The van der Waals surface area contributed by atoms with E-state index < -0.39 is 14.8 Å². The molecule has 0 saturated heterocycles. The number of hydrogen-bond acceptors (Lipinski definition) is 5. The molecule has 1 aromatic rings. The summed E-state index contributed by atoms with van der Waals surface area (Å²) in [7, 11) is -3.37. The number of nitrogens with zero attached hydrogens (tertiary/aromatic N) is 3. The van der Waals surface area contributed by atoms with Gasteiger partial charge in [0, 0.05) is 0 Å². The van der Waals surface area contributed by atoms with Gasteiger partial charge in [0.1, 0.15) is 12.7 Å². The maximum Gasteiger partial charge on any atom is 0.343 e. The fourth-order valence-electron chi connectivity index (χ4n) is 1.26. The van der Waals surface area contributed by atoms with Crippen molar-refractivity contribution < 1.29 is 13.3 Å². The Morgan fingerprint density at radius 1 is 1.62 bits per heavy atom.